The Bertz CT molecular complexity index is 1490. The van der Waals surface area contributed by atoms with Crippen LogP contribution in [0.1, 0.15) is 64.7 Å². The van der Waals surface area contributed by atoms with E-state index in [-0.39, 0.29) is 17.6 Å². The molecule has 41 heavy (non-hydrogen) atoms. The summed E-state index contributed by atoms with van der Waals surface area (Å²) in [6.45, 7) is 0. The number of rotatable bonds is 8. The lowest BCUT2D eigenvalue weighted by atomic mass is 9.81. The van der Waals surface area contributed by atoms with Gasteiger partial charge in [0.25, 0.3) is 11.6 Å². The molecule has 8 heteroatoms. The molecule has 0 aromatic heterocycles. The highest BCUT2D eigenvalue weighted by Crippen LogP contribution is 2.35. The molecule has 1 aliphatic rings. The number of anilines is 1. The molecule has 1 unspecified atom stereocenters. The summed E-state index contributed by atoms with van der Waals surface area (Å²) in [5.74, 6) is 0.135. The number of nitrogens with one attached hydrogen (secondary N) is 3. The van der Waals surface area contributed by atoms with Gasteiger partial charge in [0.15, 0.2) is 5.11 Å². The Morgan fingerprint density at radius 1 is 0.805 bits per heavy atom. The number of nitro benzene ring substituents is 1. The van der Waals surface area contributed by atoms with Crippen LogP contribution in [0.2, 0.25) is 0 Å². The number of benzene rings is 4. The van der Waals surface area contributed by atoms with Crippen molar-refractivity contribution in [3.8, 4) is 0 Å². The monoisotopic (exact) mass is 564 g/mol. The van der Waals surface area contributed by atoms with Crippen LogP contribution in [0.3, 0.4) is 0 Å². The molecular weight excluding hydrogens is 532 g/mol. The second-order valence-corrected chi connectivity index (χ2v) is 10.7. The van der Waals surface area contributed by atoms with Crippen LogP contribution < -0.4 is 16.0 Å². The highest BCUT2D eigenvalue weighted by molar-refractivity contribution is 7.80. The van der Waals surface area contributed by atoms with Crippen molar-refractivity contribution in [1.29, 1.82) is 0 Å². The standard InChI is InChI=1S/C33H32N4O3S/c38-32(25-16-20-30(21-17-25)37(39)40)36-31(24-8-3-1-4-9-24)27-11-7-10-26(22-27)23-14-18-29(19-15-23)35-33(41)34-28-12-5-2-6-13-28/h1-13,16-17,20-23,29,31H,14-15,18-19H2,(H,36,38)(H2,34,35,41). The second-order valence-electron chi connectivity index (χ2n) is 10.3. The Labute approximate surface area is 245 Å². The molecule has 7 nitrogen and oxygen atoms in total. The summed E-state index contributed by atoms with van der Waals surface area (Å²) in [6.07, 6.45) is 4.12. The van der Waals surface area contributed by atoms with E-state index < -0.39 is 4.92 Å². The lowest BCUT2D eigenvalue weighted by Crippen LogP contribution is -2.39. The lowest BCUT2D eigenvalue weighted by Gasteiger charge is -2.31. The van der Waals surface area contributed by atoms with E-state index in [0.29, 0.717) is 22.6 Å². The molecule has 1 saturated carbocycles. The molecule has 0 saturated heterocycles. The molecule has 0 bridgehead atoms. The maximum atomic E-state index is 13.2. The molecule has 5 rings (SSSR count). The van der Waals surface area contributed by atoms with Crippen LogP contribution in [0.4, 0.5) is 11.4 Å². The first-order chi connectivity index (χ1) is 20.0. The zero-order chi connectivity index (χ0) is 28.6. The number of para-hydroxylation sites is 1. The molecule has 4 aromatic carbocycles. The number of non-ortho nitro benzene ring substituents is 1. The Morgan fingerprint density at radius 2 is 1.44 bits per heavy atom. The fourth-order valence-corrected chi connectivity index (χ4v) is 5.68. The summed E-state index contributed by atoms with van der Waals surface area (Å²) in [5.41, 5.74) is 4.52. The van der Waals surface area contributed by atoms with Gasteiger partial charge in [-0.05, 0) is 84.8 Å². The van der Waals surface area contributed by atoms with Gasteiger partial charge in [-0.1, -0.05) is 72.8 Å². The molecule has 4 aromatic rings. The molecule has 1 atom stereocenters. The summed E-state index contributed by atoms with van der Waals surface area (Å²) in [7, 11) is 0. The van der Waals surface area contributed by atoms with E-state index in [1.807, 2.05) is 66.7 Å². The third-order valence-corrected chi connectivity index (χ3v) is 7.78. The van der Waals surface area contributed by atoms with Gasteiger partial charge in [0.2, 0.25) is 0 Å². The first-order valence-electron chi connectivity index (χ1n) is 13.8. The van der Waals surface area contributed by atoms with Crippen molar-refractivity contribution >= 4 is 34.6 Å². The summed E-state index contributed by atoms with van der Waals surface area (Å²) in [6, 6.07) is 33.9. The van der Waals surface area contributed by atoms with Crippen molar-refractivity contribution in [3.63, 3.8) is 0 Å². The predicted octanol–water partition coefficient (Wildman–Crippen LogP) is 7.13. The Hall–Kier alpha value is -4.56. The van der Waals surface area contributed by atoms with Crippen molar-refractivity contribution in [2.24, 2.45) is 0 Å². The fourth-order valence-electron chi connectivity index (χ4n) is 5.39. The summed E-state index contributed by atoms with van der Waals surface area (Å²) in [4.78, 5) is 23.8. The molecule has 0 aliphatic heterocycles. The van der Waals surface area contributed by atoms with Gasteiger partial charge in [-0.15, -0.1) is 0 Å². The predicted molar refractivity (Wildman–Crippen MR) is 166 cm³/mol. The molecule has 0 radical (unpaired) electrons. The van der Waals surface area contributed by atoms with Gasteiger partial charge in [-0.25, -0.2) is 0 Å². The Morgan fingerprint density at radius 3 is 2.10 bits per heavy atom. The Balaban J connectivity index is 1.26. The number of nitrogens with zero attached hydrogens (tertiary/aromatic N) is 1. The zero-order valence-corrected chi connectivity index (χ0v) is 23.3. The van der Waals surface area contributed by atoms with Gasteiger partial charge >= 0.3 is 0 Å². The number of hydrogen-bond donors (Lipinski definition) is 3. The lowest BCUT2D eigenvalue weighted by molar-refractivity contribution is -0.384. The SMILES string of the molecule is O=C(NC(c1ccccc1)c1cccc(C2CCC(NC(=S)Nc3ccccc3)CC2)c1)c1ccc([N+](=O)[O-])cc1. The Kier molecular flexibility index (Phi) is 9.01. The van der Waals surface area contributed by atoms with E-state index in [1.165, 1.54) is 29.8 Å². The third-order valence-electron chi connectivity index (χ3n) is 7.56. The average molecular weight is 565 g/mol. The number of thiocarbonyl (C=S) groups is 1. The number of carbonyl (C=O) groups is 1. The van der Waals surface area contributed by atoms with Gasteiger partial charge < -0.3 is 16.0 Å². The normalized spacial score (nSPS) is 17.2. The summed E-state index contributed by atoms with van der Waals surface area (Å²) >= 11 is 5.53. The van der Waals surface area contributed by atoms with Crippen molar-refractivity contribution in [3.05, 3.63) is 142 Å². The smallest absolute Gasteiger partial charge is 0.269 e. The minimum Gasteiger partial charge on any atom is -0.360 e. The highest BCUT2D eigenvalue weighted by atomic mass is 32.1. The number of amides is 1. The van der Waals surface area contributed by atoms with E-state index in [0.717, 1.165) is 42.5 Å². The van der Waals surface area contributed by atoms with E-state index >= 15 is 0 Å². The maximum Gasteiger partial charge on any atom is 0.269 e. The minimum atomic E-state index is -0.473. The van der Waals surface area contributed by atoms with Gasteiger partial charge in [0.1, 0.15) is 0 Å². The van der Waals surface area contributed by atoms with Gasteiger partial charge in [0.05, 0.1) is 11.0 Å². The van der Waals surface area contributed by atoms with Crippen molar-refractivity contribution in [2.45, 2.75) is 43.7 Å². The fraction of sp³-hybridized carbons (Fsp3) is 0.212. The zero-order valence-electron chi connectivity index (χ0n) is 22.5. The van der Waals surface area contributed by atoms with Crippen LogP contribution in [0.5, 0.6) is 0 Å². The molecule has 3 N–H and O–H groups in total. The first-order valence-corrected chi connectivity index (χ1v) is 14.2. The van der Waals surface area contributed by atoms with Gasteiger partial charge in [-0.3, -0.25) is 14.9 Å². The maximum absolute atomic E-state index is 13.2. The number of hydrogen-bond acceptors (Lipinski definition) is 4. The largest absolute Gasteiger partial charge is 0.360 e. The van der Waals surface area contributed by atoms with Crippen LogP contribution in [0, 0.1) is 10.1 Å². The average Bonchev–Trinajstić information content (AvgIpc) is 3.01. The van der Waals surface area contributed by atoms with Crippen LogP contribution in [0.15, 0.2) is 109 Å². The van der Waals surface area contributed by atoms with Gasteiger partial charge in [-0.2, -0.15) is 0 Å². The minimum absolute atomic E-state index is 0.0481. The van der Waals surface area contributed by atoms with Crippen LogP contribution in [0.25, 0.3) is 0 Å². The van der Waals surface area contributed by atoms with Crippen LogP contribution in [-0.2, 0) is 0 Å². The van der Waals surface area contributed by atoms with Gasteiger partial charge in [0, 0.05) is 29.4 Å². The van der Waals surface area contributed by atoms with Crippen LogP contribution in [-0.4, -0.2) is 22.0 Å². The summed E-state index contributed by atoms with van der Waals surface area (Å²) < 4.78 is 0. The first kappa shape index (κ1) is 28.0. The molecule has 1 amide bonds. The number of nitro groups is 1. The quantitative estimate of drug-likeness (QED) is 0.120. The van der Waals surface area contributed by atoms with Crippen LogP contribution >= 0.6 is 12.2 Å². The highest BCUT2D eigenvalue weighted by Gasteiger charge is 2.25. The molecule has 0 heterocycles. The van der Waals surface area contributed by atoms with Crippen molar-refractivity contribution in [1.82, 2.24) is 10.6 Å². The van der Waals surface area contributed by atoms with E-state index in [4.69, 9.17) is 12.2 Å². The topological polar surface area (TPSA) is 96.3 Å². The molecular formula is C33H32N4O3S. The summed E-state index contributed by atoms with van der Waals surface area (Å²) in [5, 5.41) is 21.6. The molecule has 1 aliphatic carbocycles. The van der Waals surface area contributed by atoms with E-state index in [9.17, 15) is 14.9 Å². The number of carbonyl (C=O) groups excluding carboxylic acids is 1. The molecule has 208 valence electrons. The molecule has 0 spiro atoms. The van der Waals surface area contributed by atoms with E-state index in [1.54, 1.807) is 0 Å². The molecule has 1 fully saturated rings. The van der Waals surface area contributed by atoms with Crippen molar-refractivity contribution in [2.75, 3.05) is 5.32 Å². The van der Waals surface area contributed by atoms with Crippen molar-refractivity contribution < 1.29 is 9.72 Å². The van der Waals surface area contributed by atoms with E-state index in [2.05, 4.69) is 34.1 Å². The second kappa shape index (κ2) is 13.2. The third kappa shape index (κ3) is 7.35.